The van der Waals surface area contributed by atoms with Crippen molar-refractivity contribution in [2.24, 2.45) is 11.3 Å². The van der Waals surface area contributed by atoms with Crippen molar-refractivity contribution in [1.82, 2.24) is 19.9 Å². The Morgan fingerprint density at radius 2 is 1.91 bits per heavy atom. The van der Waals surface area contributed by atoms with Crippen LogP contribution >= 0.6 is 0 Å². The predicted octanol–water partition coefficient (Wildman–Crippen LogP) is 2.58. The van der Waals surface area contributed by atoms with Crippen molar-refractivity contribution in [2.45, 2.75) is 53.0 Å². The van der Waals surface area contributed by atoms with Crippen LogP contribution in [-0.2, 0) is 13.0 Å². The molecule has 0 N–H and O–H groups in total. The van der Waals surface area contributed by atoms with E-state index < -0.39 is 0 Å². The van der Waals surface area contributed by atoms with E-state index in [1.807, 2.05) is 0 Å². The Balaban J connectivity index is 1.50. The van der Waals surface area contributed by atoms with Gasteiger partial charge in [0.15, 0.2) is 5.82 Å². The van der Waals surface area contributed by atoms with Gasteiger partial charge in [-0.05, 0) is 50.2 Å². The molecule has 2 saturated heterocycles. The summed E-state index contributed by atoms with van der Waals surface area (Å²) in [5.41, 5.74) is 0.524. The highest BCUT2D eigenvalue weighted by molar-refractivity contribution is 4.98. The molecule has 1 atom stereocenters. The monoisotopic (exact) mass is 306 g/mol. The van der Waals surface area contributed by atoms with E-state index in [1.165, 1.54) is 45.6 Å². The third-order valence-electron chi connectivity index (χ3n) is 5.30. The van der Waals surface area contributed by atoms with Crippen LogP contribution in [-0.4, -0.2) is 52.7 Å². The molecule has 1 aromatic rings. The summed E-state index contributed by atoms with van der Waals surface area (Å²) in [6.07, 6.45) is 4.72. The number of hydrogen-bond donors (Lipinski definition) is 0. The van der Waals surface area contributed by atoms with E-state index >= 15 is 0 Å². The summed E-state index contributed by atoms with van der Waals surface area (Å²) < 4.78 is 5.44. The van der Waals surface area contributed by atoms with Crippen molar-refractivity contribution in [1.29, 1.82) is 0 Å². The number of aryl methyl sites for hydroxylation is 1. The van der Waals surface area contributed by atoms with E-state index in [1.54, 1.807) is 0 Å². The fourth-order valence-corrected chi connectivity index (χ4v) is 3.86. The van der Waals surface area contributed by atoms with Gasteiger partial charge in [-0.25, -0.2) is 0 Å². The molecule has 5 nitrogen and oxygen atoms in total. The second kappa shape index (κ2) is 6.67. The van der Waals surface area contributed by atoms with E-state index in [0.717, 1.165) is 31.1 Å². The van der Waals surface area contributed by atoms with Crippen molar-refractivity contribution in [2.75, 3.05) is 32.7 Å². The molecular weight excluding hydrogens is 276 g/mol. The Labute approximate surface area is 134 Å². The summed E-state index contributed by atoms with van der Waals surface area (Å²) in [6.45, 7) is 13.6. The molecule has 5 heteroatoms. The lowest BCUT2D eigenvalue weighted by Gasteiger charge is -2.24. The highest BCUT2D eigenvalue weighted by Gasteiger charge is 2.43. The lowest BCUT2D eigenvalue weighted by molar-refractivity contribution is 0.221. The van der Waals surface area contributed by atoms with Gasteiger partial charge in [-0.15, -0.1) is 0 Å². The van der Waals surface area contributed by atoms with Crippen LogP contribution < -0.4 is 0 Å². The summed E-state index contributed by atoms with van der Waals surface area (Å²) in [6, 6.07) is 0. The van der Waals surface area contributed by atoms with Gasteiger partial charge in [-0.2, -0.15) is 4.98 Å². The summed E-state index contributed by atoms with van der Waals surface area (Å²) >= 11 is 0. The van der Waals surface area contributed by atoms with Crippen LogP contribution in [0.1, 0.15) is 51.7 Å². The normalized spacial score (nSPS) is 26.7. The molecule has 0 saturated carbocycles. The number of likely N-dealkylation sites (tertiary alicyclic amines) is 2. The largest absolute Gasteiger partial charge is 0.338 e. The van der Waals surface area contributed by atoms with Crippen LogP contribution in [0.25, 0.3) is 0 Å². The first-order valence-electron chi connectivity index (χ1n) is 8.85. The van der Waals surface area contributed by atoms with Gasteiger partial charge < -0.3 is 9.42 Å². The maximum absolute atomic E-state index is 5.44. The fraction of sp³-hybridized carbons (Fsp3) is 0.882. The zero-order valence-electron chi connectivity index (χ0n) is 14.3. The van der Waals surface area contributed by atoms with Crippen molar-refractivity contribution in [3.8, 4) is 0 Å². The zero-order chi connectivity index (χ0) is 15.6. The van der Waals surface area contributed by atoms with Crippen LogP contribution in [0.2, 0.25) is 0 Å². The van der Waals surface area contributed by atoms with Gasteiger partial charge in [0.05, 0.1) is 6.54 Å². The number of nitrogens with zero attached hydrogens (tertiary/aromatic N) is 4. The Hall–Kier alpha value is -0.940. The van der Waals surface area contributed by atoms with E-state index in [2.05, 4.69) is 40.7 Å². The molecule has 3 rings (SSSR count). The maximum atomic E-state index is 5.44. The first kappa shape index (κ1) is 15.9. The Morgan fingerprint density at radius 3 is 2.59 bits per heavy atom. The molecule has 0 aromatic carbocycles. The molecule has 1 aromatic heterocycles. The molecule has 2 fully saturated rings. The van der Waals surface area contributed by atoms with E-state index in [-0.39, 0.29) is 0 Å². The molecule has 0 aliphatic carbocycles. The Kier molecular flexibility index (Phi) is 4.83. The first-order valence-corrected chi connectivity index (χ1v) is 8.85. The third kappa shape index (κ3) is 3.69. The Bertz CT molecular complexity index is 487. The SMILES string of the molecule is CCN1CCC2(CCN(Cc3nc(CCC(C)C)no3)C2)C1. The van der Waals surface area contributed by atoms with Gasteiger partial charge in [-0.1, -0.05) is 25.9 Å². The van der Waals surface area contributed by atoms with E-state index in [0.29, 0.717) is 11.3 Å². The molecule has 3 heterocycles. The van der Waals surface area contributed by atoms with Crippen molar-refractivity contribution < 1.29 is 4.52 Å². The van der Waals surface area contributed by atoms with Crippen LogP contribution in [0.4, 0.5) is 0 Å². The van der Waals surface area contributed by atoms with Gasteiger partial charge in [0.2, 0.25) is 5.89 Å². The molecule has 124 valence electrons. The number of rotatable bonds is 6. The number of aromatic nitrogens is 2. The highest BCUT2D eigenvalue weighted by Crippen LogP contribution is 2.39. The van der Waals surface area contributed by atoms with Gasteiger partial charge in [0.25, 0.3) is 0 Å². The highest BCUT2D eigenvalue weighted by atomic mass is 16.5. The van der Waals surface area contributed by atoms with Gasteiger partial charge in [0.1, 0.15) is 0 Å². The average molecular weight is 306 g/mol. The van der Waals surface area contributed by atoms with Crippen LogP contribution in [0.5, 0.6) is 0 Å². The minimum absolute atomic E-state index is 0.524. The first-order chi connectivity index (χ1) is 10.6. The standard InChI is InChI=1S/C17H30N4O/c1-4-20-9-7-17(12-20)8-10-21(13-17)11-16-18-15(19-22-16)6-5-14(2)3/h14H,4-13H2,1-3H3. The molecule has 0 radical (unpaired) electrons. The smallest absolute Gasteiger partial charge is 0.240 e. The van der Waals surface area contributed by atoms with Crippen LogP contribution in [0, 0.1) is 11.3 Å². The predicted molar refractivity (Wildman–Crippen MR) is 86.5 cm³/mol. The van der Waals surface area contributed by atoms with E-state index in [4.69, 9.17) is 4.52 Å². The summed E-state index contributed by atoms with van der Waals surface area (Å²) in [5, 5.41) is 4.12. The minimum Gasteiger partial charge on any atom is -0.338 e. The lowest BCUT2D eigenvalue weighted by Crippen LogP contribution is -2.30. The molecule has 0 amide bonds. The zero-order valence-corrected chi connectivity index (χ0v) is 14.3. The second-order valence-corrected chi connectivity index (χ2v) is 7.62. The number of hydrogen-bond acceptors (Lipinski definition) is 5. The molecule has 0 bridgehead atoms. The van der Waals surface area contributed by atoms with Gasteiger partial charge in [0, 0.05) is 19.5 Å². The third-order valence-corrected chi connectivity index (χ3v) is 5.30. The lowest BCUT2D eigenvalue weighted by atomic mass is 9.86. The Morgan fingerprint density at radius 1 is 1.18 bits per heavy atom. The summed E-state index contributed by atoms with van der Waals surface area (Å²) in [5.74, 6) is 2.35. The van der Waals surface area contributed by atoms with Gasteiger partial charge >= 0.3 is 0 Å². The molecule has 22 heavy (non-hydrogen) atoms. The topological polar surface area (TPSA) is 45.4 Å². The van der Waals surface area contributed by atoms with Gasteiger partial charge in [-0.3, -0.25) is 4.90 Å². The van der Waals surface area contributed by atoms with E-state index in [9.17, 15) is 0 Å². The maximum Gasteiger partial charge on any atom is 0.240 e. The van der Waals surface area contributed by atoms with Crippen LogP contribution in [0.15, 0.2) is 4.52 Å². The molecule has 2 aliphatic heterocycles. The fourth-order valence-electron chi connectivity index (χ4n) is 3.86. The van der Waals surface area contributed by atoms with Crippen molar-refractivity contribution in [3.05, 3.63) is 11.7 Å². The molecule has 2 aliphatic rings. The quantitative estimate of drug-likeness (QED) is 0.808. The van der Waals surface area contributed by atoms with Crippen LogP contribution in [0.3, 0.4) is 0 Å². The van der Waals surface area contributed by atoms with Crippen molar-refractivity contribution >= 4 is 0 Å². The summed E-state index contributed by atoms with van der Waals surface area (Å²) in [7, 11) is 0. The average Bonchev–Trinajstić information content (AvgIpc) is 3.19. The molecule has 1 unspecified atom stereocenters. The second-order valence-electron chi connectivity index (χ2n) is 7.62. The minimum atomic E-state index is 0.524. The molecule has 1 spiro atoms. The van der Waals surface area contributed by atoms with Crippen molar-refractivity contribution in [3.63, 3.8) is 0 Å². The summed E-state index contributed by atoms with van der Waals surface area (Å²) in [4.78, 5) is 9.64. The molecular formula is C17H30N4O.